The van der Waals surface area contributed by atoms with Crippen LogP contribution >= 0.6 is 11.3 Å². The summed E-state index contributed by atoms with van der Waals surface area (Å²) in [5, 5.41) is 3.44. The van der Waals surface area contributed by atoms with E-state index in [1.54, 1.807) is 11.3 Å². The third kappa shape index (κ3) is 3.99. The van der Waals surface area contributed by atoms with Gasteiger partial charge in [0.25, 0.3) is 0 Å². The fourth-order valence-corrected chi connectivity index (χ4v) is 3.82. The van der Waals surface area contributed by atoms with Crippen molar-refractivity contribution in [3.05, 3.63) is 16.1 Å². The van der Waals surface area contributed by atoms with Crippen LogP contribution in [0.25, 0.3) is 0 Å². The number of aromatic nitrogens is 1. The van der Waals surface area contributed by atoms with Crippen LogP contribution in [0.5, 0.6) is 0 Å². The molecule has 0 unspecified atom stereocenters. The maximum Gasteiger partial charge on any atom is 0.0798 e. The highest BCUT2D eigenvalue weighted by atomic mass is 32.1. The third-order valence-electron chi connectivity index (χ3n) is 3.98. The normalized spacial score (nSPS) is 18.9. The van der Waals surface area contributed by atoms with Gasteiger partial charge in [0.05, 0.1) is 17.8 Å². The van der Waals surface area contributed by atoms with Gasteiger partial charge >= 0.3 is 0 Å². The van der Waals surface area contributed by atoms with Crippen molar-refractivity contribution in [2.24, 2.45) is 5.41 Å². The minimum Gasteiger partial charge on any atom is -0.384 e. The van der Waals surface area contributed by atoms with Gasteiger partial charge in [0, 0.05) is 30.5 Å². The molecule has 1 aromatic heterocycles. The lowest BCUT2D eigenvalue weighted by molar-refractivity contribution is 0.0270. The summed E-state index contributed by atoms with van der Waals surface area (Å²) in [6.07, 6.45) is 2.40. The van der Waals surface area contributed by atoms with Crippen LogP contribution in [0.4, 0.5) is 0 Å². The Morgan fingerprint density at radius 1 is 1.47 bits per heavy atom. The Kier molecular flexibility index (Phi) is 5.33. The summed E-state index contributed by atoms with van der Waals surface area (Å²) in [7, 11) is 4.02. The van der Waals surface area contributed by atoms with Gasteiger partial charge in [-0.15, -0.1) is 11.3 Å². The molecule has 1 fully saturated rings. The molecule has 0 aromatic carbocycles. The Morgan fingerprint density at radius 2 is 2.21 bits per heavy atom. The second-order valence-electron chi connectivity index (χ2n) is 5.72. The van der Waals surface area contributed by atoms with Crippen LogP contribution in [-0.2, 0) is 11.3 Å². The molecule has 1 N–H and O–H groups in total. The Morgan fingerprint density at radius 3 is 2.79 bits per heavy atom. The molecule has 0 atom stereocenters. The zero-order valence-corrected chi connectivity index (χ0v) is 13.1. The molecule has 0 amide bonds. The van der Waals surface area contributed by atoms with Crippen LogP contribution in [0, 0.1) is 12.3 Å². The van der Waals surface area contributed by atoms with E-state index in [1.807, 2.05) is 12.6 Å². The van der Waals surface area contributed by atoms with Crippen LogP contribution < -0.4 is 5.32 Å². The fourth-order valence-electron chi connectivity index (χ4n) is 2.96. The van der Waals surface area contributed by atoms with Gasteiger partial charge in [-0.1, -0.05) is 0 Å². The van der Waals surface area contributed by atoms with Crippen LogP contribution in [0.15, 0.2) is 5.51 Å². The van der Waals surface area contributed by atoms with Gasteiger partial charge in [-0.05, 0) is 39.9 Å². The highest BCUT2D eigenvalue weighted by Crippen LogP contribution is 2.30. The number of methoxy groups -OCH3 is 1. The molecule has 1 aliphatic rings. The van der Waals surface area contributed by atoms with Crippen molar-refractivity contribution in [3.63, 3.8) is 0 Å². The maximum absolute atomic E-state index is 5.48. The Balaban J connectivity index is 1.94. The molecule has 1 aliphatic heterocycles. The van der Waals surface area contributed by atoms with E-state index < -0.39 is 0 Å². The molecule has 0 aliphatic carbocycles. The second-order valence-corrected chi connectivity index (χ2v) is 6.66. The summed E-state index contributed by atoms with van der Waals surface area (Å²) in [5.74, 6) is 0. The monoisotopic (exact) mass is 283 g/mol. The number of aryl methyl sites for hydroxylation is 1. The molecule has 0 spiro atoms. The Bertz CT molecular complexity index is 382. The lowest BCUT2D eigenvalue weighted by Gasteiger charge is -2.39. The molecule has 19 heavy (non-hydrogen) atoms. The first-order valence-corrected chi connectivity index (χ1v) is 7.80. The summed E-state index contributed by atoms with van der Waals surface area (Å²) in [4.78, 5) is 8.13. The van der Waals surface area contributed by atoms with Crippen molar-refractivity contribution in [2.45, 2.75) is 26.3 Å². The molecule has 5 heteroatoms. The largest absolute Gasteiger partial charge is 0.384 e. The molecule has 0 radical (unpaired) electrons. The van der Waals surface area contributed by atoms with Crippen LogP contribution in [0.3, 0.4) is 0 Å². The second kappa shape index (κ2) is 6.79. The topological polar surface area (TPSA) is 37.4 Å². The number of rotatable bonds is 6. The van der Waals surface area contributed by atoms with Gasteiger partial charge < -0.3 is 15.0 Å². The average Bonchev–Trinajstić information content (AvgIpc) is 2.76. The van der Waals surface area contributed by atoms with Crippen LogP contribution in [0.1, 0.15) is 23.4 Å². The zero-order valence-electron chi connectivity index (χ0n) is 12.2. The van der Waals surface area contributed by atoms with E-state index in [9.17, 15) is 0 Å². The number of piperidine rings is 1. The van der Waals surface area contributed by atoms with E-state index in [2.05, 4.69) is 29.2 Å². The molecule has 108 valence electrons. The van der Waals surface area contributed by atoms with Crippen molar-refractivity contribution in [1.82, 2.24) is 15.2 Å². The fraction of sp³-hybridized carbons (Fsp3) is 0.786. The predicted molar refractivity (Wildman–Crippen MR) is 79.6 cm³/mol. The molecular weight excluding hydrogens is 258 g/mol. The minimum atomic E-state index is 0.313. The van der Waals surface area contributed by atoms with Crippen molar-refractivity contribution < 1.29 is 4.74 Å². The van der Waals surface area contributed by atoms with Crippen LogP contribution in [0.2, 0.25) is 0 Å². The lowest BCUT2D eigenvalue weighted by atomic mass is 9.79. The highest BCUT2D eigenvalue weighted by molar-refractivity contribution is 7.09. The van der Waals surface area contributed by atoms with Crippen molar-refractivity contribution in [2.75, 3.05) is 40.4 Å². The van der Waals surface area contributed by atoms with E-state index in [1.165, 1.54) is 23.4 Å². The molecular formula is C14H25N3OS. The molecule has 1 aromatic rings. The van der Waals surface area contributed by atoms with Gasteiger partial charge in [-0.3, -0.25) is 0 Å². The van der Waals surface area contributed by atoms with Gasteiger partial charge in [0.2, 0.25) is 0 Å². The number of nitrogens with zero attached hydrogens (tertiary/aromatic N) is 2. The number of nitrogens with one attached hydrogen (secondary N) is 1. The molecule has 0 bridgehead atoms. The number of thiazole rings is 1. The Labute approximate surface area is 120 Å². The standard InChI is InChI=1S/C14H25N3OS/c1-12-13(19-11-16-12)8-17(2)9-14(10-18-3)4-6-15-7-5-14/h11,15H,4-10H2,1-3H3. The summed E-state index contributed by atoms with van der Waals surface area (Å²) in [6, 6.07) is 0. The van der Waals surface area contributed by atoms with Crippen LogP contribution in [-0.4, -0.2) is 50.3 Å². The predicted octanol–water partition coefficient (Wildman–Crippen LogP) is 1.90. The van der Waals surface area contributed by atoms with E-state index in [0.717, 1.165) is 32.8 Å². The molecule has 0 saturated carbocycles. The number of hydrogen-bond donors (Lipinski definition) is 1. The van der Waals surface area contributed by atoms with E-state index >= 15 is 0 Å². The molecule has 1 saturated heterocycles. The van der Waals surface area contributed by atoms with Crippen molar-refractivity contribution in [1.29, 1.82) is 0 Å². The number of hydrogen-bond acceptors (Lipinski definition) is 5. The van der Waals surface area contributed by atoms with Crippen molar-refractivity contribution >= 4 is 11.3 Å². The summed E-state index contributed by atoms with van der Waals surface area (Å²) in [6.45, 7) is 7.26. The third-order valence-corrected chi connectivity index (χ3v) is 4.90. The SMILES string of the molecule is COCC1(CN(C)Cc2scnc2C)CCNCC1. The zero-order chi connectivity index (χ0) is 13.7. The van der Waals surface area contributed by atoms with E-state index in [4.69, 9.17) is 4.74 Å². The van der Waals surface area contributed by atoms with E-state index in [0.29, 0.717) is 5.41 Å². The van der Waals surface area contributed by atoms with Gasteiger partial charge in [-0.25, -0.2) is 4.98 Å². The van der Waals surface area contributed by atoms with Crippen molar-refractivity contribution in [3.8, 4) is 0 Å². The molecule has 2 rings (SSSR count). The summed E-state index contributed by atoms with van der Waals surface area (Å²) < 4.78 is 5.48. The highest BCUT2D eigenvalue weighted by Gasteiger charge is 2.33. The van der Waals surface area contributed by atoms with E-state index in [-0.39, 0.29) is 0 Å². The first-order valence-electron chi connectivity index (χ1n) is 6.92. The van der Waals surface area contributed by atoms with Gasteiger partial charge in [0.1, 0.15) is 0 Å². The quantitative estimate of drug-likeness (QED) is 0.865. The first-order chi connectivity index (χ1) is 9.15. The minimum absolute atomic E-state index is 0.313. The summed E-state index contributed by atoms with van der Waals surface area (Å²) >= 11 is 1.76. The Hall–Kier alpha value is -0.490. The summed E-state index contributed by atoms with van der Waals surface area (Å²) in [5.41, 5.74) is 3.42. The maximum atomic E-state index is 5.48. The smallest absolute Gasteiger partial charge is 0.0798 e. The first kappa shape index (κ1) is 14.9. The van der Waals surface area contributed by atoms with Gasteiger partial charge in [-0.2, -0.15) is 0 Å². The van der Waals surface area contributed by atoms with Gasteiger partial charge in [0.15, 0.2) is 0 Å². The molecule has 4 nitrogen and oxygen atoms in total. The number of ether oxygens (including phenoxy) is 1. The molecule has 2 heterocycles. The average molecular weight is 283 g/mol. The lowest BCUT2D eigenvalue weighted by Crippen LogP contribution is -2.46.